The minimum atomic E-state index is -0.214. The molecule has 0 amide bonds. The molecule has 0 spiro atoms. The summed E-state index contributed by atoms with van der Waals surface area (Å²) in [5, 5.41) is 0.822. The van der Waals surface area contributed by atoms with Crippen molar-refractivity contribution in [1.82, 2.24) is 0 Å². The van der Waals surface area contributed by atoms with Gasteiger partial charge in [-0.15, -0.1) is 0 Å². The molecule has 4 atom stereocenters. The first-order chi connectivity index (χ1) is 17.7. The van der Waals surface area contributed by atoms with Gasteiger partial charge in [-0.05, 0) is 72.9 Å². The summed E-state index contributed by atoms with van der Waals surface area (Å²) in [6, 6.07) is 12.1. The second-order valence-electron chi connectivity index (χ2n) is 13.4. The van der Waals surface area contributed by atoms with E-state index in [2.05, 4.69) is 68.7 Å². The molecule has 2 aliphatic rings. The van der Waals surface area contributed by atoms with Crippen molar-refractivity contribution in [2.75, 3.05) is 36.0 Å². The number of nitrogens with zero attached hydrogens (tertiary/aromatic N) is 2. The second-order valence-corrected chi connectivity index (χ2v) is 13.8. The molecule has 2 fully saturated rings. The van der Waals surface area contributed by atoms with Crippen LogP contribution in [0.3, 0.4) is 0 Å². The third-order valence-corrected chi connectivity index (χ3v) is 8.03. The van der Waals surface area contributed by atoms with Crippen LogP contribution in [0.5, 0.6) is 0 Å². The number of ether oxygens (including phenoxy) is 2. The Bertz CT molecular complexity index is 1020. The van der Waals surface area contributed by atoms with E-state index in [4.69, 9.17) is 21.1 Å². The van der Waals surface area contributed by atoms with Crippen LogP contribution in [0.15, 0.2) is 36.4 Å². The molecule has 0 aromatic heterocycles. The molecule has 0 N–H and O–H groups in total. The standard InChI is InChI=1S/C32H46ClFN2O2/c1-21-17-35(23-9-13-27(29(33)15-23)31(3,4)5)19-25(37-21)11-12-26-20-36(18-22(2)38-26)24-10-14-28(30(34)16-24)32(6,7)8/h9-10,13-16,21-22,25-26H,11-12,17-20H2,1-8H3/t21-,22+,25+,26-/m0/s1. The number of rotatable bonds is 5. The van der Waals surface area contributed by atoms with Gasteiger partial charge in [0.05, 0.1) is 24.4 Å². The highest BCUT2D eigenvalue weighted by Crippen LogP contribution is 2.34. The third kappa shape index (κ3) is 7.03. The van der Waals surface area contributed by atoms with Gasteiger partial charge in [-0.2, -0.15) is 0 Å². The zero-order valence-corrected chi connectivity index (χ0v) is 25.2. The normalized spacial score (nSPS) is 25.1. The molecule has 0 unspecified atom stereocenters. The summed E-state index contributed by atoms with van der Waals surface area (Å²) < 4.78 is 27.6. The van der Waals surface area contributed by atoms with Crippen molar-refractivity contribution in [3.8, 4) is 0 Å². The summed E-state index contributed by atoms with van der Waals surface area (Å²) in [6.07, 6.45) is 2.25. The number of hydrogen-bond acceptors (Lipinski definition) is 4. The first-order valence-corrected chi connectivity index (χ1v) is 14.5. The van der Waals surface area contributed by atoms with Gasteiger partial charge in [0.15, 0.2) is 0 Å². The lowest BCUT2D eigenvalue weighted by atomic mass is 9.86. The van der Waals surface area contributed by atoms with Crippen molar-refractivity contribution in [2.24, 2.45) is 0 Å². The molecule has 2 heterocycles. The zero-order valence-electron chi connectivity index (χ0n) is 24.5. The van der Waals surface area contributed by atoms with E-state index in [1.807, 2.05) is 26.8 Å². The van der Waals surface area contributed by atoms with Crippen molar-refractivity contribution in [3.63, 3.8) is 0 Å². The van der Waals surface area contributed by atoms with Crippen LogP contribution >= 0.6 is 11.6 Å². The summed E-state index contributed by atoms with van der Waals surface area (Å²) in [5.74, 6) is -0.133. The van der Waals surface area contributed by atoms with Gasteiger partial charge < -0.3 is 19.3 Å². The highest BCUT2D eigenvalue weighted by Gasteiger charge is 2.31. The van der Waals surface area contributed by atoms with E-state index in [9.17, 15) is 4.39 Å². The number of morpholine rings is 2. The molecular formula is C32H46ClFN2O2. The average Bonchev–Trinajstić information content (AvgIpc) is 2.80. The number of halogens is 2. The van der Waals surface area contributed by atoms with Crippen molar-refractivity contribution in [1.29, 1.82) is 0 Å². The largest absolute Gasteiger partial charge is 0.372 e. The molecule has 0 saturated carbocycles. The second kappa shape index (κ2) is 11.3. The Morgan fingerprint density at radius 1 is 0.737 bits per heavy atom. The first-order valence-electron chi connectivity index (χ1n) is 14.1. The topological polar surface area (TPSA) is 24.9 Å². The fourth-order valence-corrected chi connectivity index (χ4v) is 6.28. The van der Waals surface area contributed by atoms with Crippen LogP contribution in [0.4, 0.5) is 15.8 Å². The van der Waals surface area contributed by atoms with Gasteiger partial charge in [0.1, 0.15) is 5.82 Å². The Kier molecular flexibility index (Phi) is 8.71. The lowest BCUT2D eigenvalue weighted by Crippen LogP contribution is -2.49. The van der Waals surface area contributed by atoms with Crippen molar-refractivity contribution >= 4 is 23.0 Å². The van der Waals surface area contributed by atoms with Crippen LogP contribution in [0, 0.1) is 5.82 Å². The van der Waals surface area contributed by atoms with Gasteiger partial charge in [-0.25, -0.2) is 4.39 Å². The van der Waals surface area contributed by atoms with Crippen LogP contribution in [-0.4, -0.2) is 50.6 Å². The maximum Gasteiger partial charge on any atom is 0.128 e. The molecule has 38 heavy (non-hydrogen) atoms. The highest BCUT2D eigenvalue weighted by atomic mass is 35.5. The van der Waals surface area contributed by atoms with Gasteiger partial charge in [0, 0.05) is 42.6 Å². The molecule has 4 nitrogen and oxygen atoms in total. The van der Waals surface area contributed by atoms with E-state index in [1.54, 1.807) is 6.07 Å². The fraction of sp³-hybridized carbons (Fsp3) is 0.625. The SMILES string of the molecule is C[C@@H]1CN(c2ccc(C(C)(C)C)c(F)c2)C[C@H](CC[C@@H]2CN(c3ccc(C(C)(C)C)c(Cl)c3)C[C@H](C)O2)O1. The van der Waals surface area contributed by atoms with Gasteiger partial charge in [0.25, 0.3) is 0 Å². The molecular weight excluding hydrogens is 499 g/mol. The van der Waals surface area contributed by atoms with Crippen LogP contribution in [0.25, 0.3) is 0 Å². The van der Waals surface area contributed by atoms with E-state index in [1.165, 1.54) is 5.56 Å². The maximum absolute atomic E-state index is 14.9. The summed E-state index contributed by atoms with van der Waals surface area (Å²) in [4.78, 5) is 4.66. The summed E-state index contributed by atoms with van der Waals surface area (Å²) >= 11 is 6.68. The lowest BCUT2D eigenvalue weighted by Gasteiger charge is -2.41. The zero-order chi connectivity index (χ0) is 27.8. The van der Waals surface area contributed by atoms with Crippen molar-refractivity contribution < 1.29 is 13.9 Å². The number of benzene rings is 2. The van der Waals surface area contributed by atoms with Gasteiger partial charge in [-0.1, -0.05) is 65.3 Å². The van der Waals surface area contributed by atoms with Crippen LogP contribution in [0.1, 0.15) is 79.4 Å². The Morgan fingerprint density at radius 2 is 1.18 bits per heavy atom. The Morgan fingerprint density at radius 3 is 1.61 bits per heavy atom. The Labute approximate surface area is 234 Å². The Hall–Kier alpha value is -1.82. The highest BCUT2D eigenvalue weighted by molar-refractivity contribution is 6.31. The van der Waals surface area contributed by atoms with Crippen LogP contribution < -0.4 is 9.80 Å². The molecule has 6 heteroatoms. The van der Waals surface area contributed by atoms with Gasteiger partial charge in [-0.3, -0.25) is 0 Å². The minimum absolute atomic E-state index is 0.0157. The predicted octanol–water partition coefficient (Wildman–Crippen LogP) is 7.74. The smallest absolute Gasteiger partial charge is 0.128 e. The molecule has 2 aromatic rings. The summed E-state index contributed by atoms with van der Waals surface area (Å²) in [6.45, 7) is 20.1. The van der Waals surface area contributed by atoms with E-state index >= 15 is 0 Å². The van der Waals surface area contributed by atoms with E-state index in [0.717, 1.165) is 61.0 Å². The van der Waals surface area contributed by atoms with Crippen LogP contribution in [0.2, 0.25) is 5.02 Å². The fourth-order valence-electron chi connectivity index (χ4n) is 5.82. The average molecular weight is 545 g/mol. The number of hydrogen-bond donors (Lipinski definition) is 0. The molecule has 4 rings (SSSR count). The molecule has 210 valence electrons. The van der Waals surface area contributed by atoms with E-state index < -0.39 is 0 Å². The quantitative estimate of drug-likeness (QED) is 0.384. The van der Waals surface area contributed by atoms with Crippen molar-refractivity contribution in [2.45, 2.75) is 103 Å². The van der Waals surface area contributed by atoms with Crippen molar-refractivity contribution in [3.05, 3.63) is 58.4 Å². The molecule has 0 radical (unpaired) electrons. The third-order valence-electron chi connectivity index (χ3n) is 7.71. The molecule has 0 aliphatic carbocycles. The van der Waals surface area contributed by atoms with Crippen LogP contribution in [-0.2, 0) is 20.3 Å². The molecule has 2 saturated heterocycles. The number of anilines is 2. The first kappa shape index (κ1) is 29.2. The monoisotopic (exact) mass is 544 g/mol. The predicted molar refractivity (Wildman–Crippen MR) is 158 cm³/mol. The maximum atomic E-state index is 14.9. The van der Waals surface area contributed by atoms with Gasteiger partial charge >= 0.3 is 0 Å². The molecule has 2 aromatic carbocycles. The lowest BCUT2D eigenvalue weighted by molar-refractivity contribution is -0.0488. The summed E-state index contributed by atoms with van der Waals surface area (Å²) in [7, 11) is 0. The van der Waals surface area contributed by atoms with E-state index in [0.29, 0.717) is 0 Å². The molecule has 0 bridgehead atoms. The Balaban J connectivity index is 1.39. The molecule has 2 aliphatic heterocycles. The summed E-state index contributed by atoms with van der Waals surface area (Å²) in [5.41, 5.74) is 3.80. The van der Waals surface area contributed by atoms with Gasteiger partial charge in [0.2, 0.25) is 0 Å². The minimum Gasteiger partial charge on any atom is -0.372 e. The van der Waals surface area contributed by atoms with E-state index in [-0.39, 0.29) is 41.1 Å².